The van der Waals surface area contributed by atoms with E-state index in [9.17, 15) is 4.79 Å². The Morgan fingerprint density at radius 1 is 1.17 bits per heavy atom. The number of quaternary nitrogens is 1. The fourth-order valence-electron chi connectivity index (χ4n) is 3.49. The molecule has 1 aromatic rings. The smallest absolute Gasteiger partial charge is 0.277 e. The van der Waals surface area contributed by atoms with Gasteiger partial charge in [0.05, 0.1) is 27.2 Å². The number of nitrogens with zero attached hydrogens (tertiary/aromatic N) is 2. The second-order valence-corrected chi connectivity index (χ2v) is 10.1. The fourth-order valence-corrected chi connectivity index (χ4v) is 4.39. The van der Waals surface area contributed by atoms with Crippen LogP contribution in [0.2, 0.25) is 0 Å². The van der Waals surface area contributed by atoms with Crippen LogP contribution in [-0.4, -0.2) is 73.7 Å². The molecule has 0 saturated carbocycles. The molecule has 2 rings (SSSR count). The summed E-state index contributed by atoms with van der Waals surface area (Å²) < 4.78 is 6.81. The van der Waals surface area contributed by atoms with Crippen LogP contribution >= 0.6 is 11.8 Å². The molecule has 0 atom stereocenters. The molecule has 1 heterocycles. The van der Waals surface area contributed by atoms with Crippen molar-refractivity contribution in [3.63, 3.8) is 0 Å². The summed E-state index contributed by atoms with van der Waals surface area (Å²) in [5.41, 5.74) is 2.54. The topological polar surface area (TPSA) is 29.5 Å². The van der Waals surface area contributed by atoms with E-state index in [4.69, 9.17) is 4.74 Å². The minimum absolute atomic E-state index is 0. The van der Waals surface area contributed by atoms with Crippen molar-refractivity contribution in [1.82, 2.24) is 4.90 Å². The van der Waals surface area contributed by atoms with Crippen molar-refractivity contribution in [1.29, 1.82) is 0 Å². The second-order valence-electron chi connectivity index (χ2n) is 8.90. The molecule has 1 saturated heterocycles. The summed E-state index contributed by atoms with van der Waals surface area (Å²) in [7, 11) is 4.35. The van der Waals surface area contributed by atoms with E-state index in [-0.39, 0.29) is 17.0 Å². The van der Waals surface area contributed by atoms with Crippen LogP contribution in [0.3, 0.4) is 0 Å². The molecule has 166 valence electrons. The predicted octanol–water partition coefficient (Wildman–Crippen LogP) is 1.32. The largest absolute Gasteiger partial charge is 1.00 e. The molecule has 6 heteroatoms. The summed E-state index contributed by atoms with van der Waals surface area (Å²) in [5, 5.41) is 0. The molecular weight excluding hydrogens is 448 g/mol. The SMILES string of the molecule is Cc1ccc(C(C)C)cc1OCCCCC[N+](C)(C)CC(=O)N1CCSCC1.[Br-]. The molecule has 1 aliphatic rings. The minimum atomic E-state index is 0. The lowest BCUT2D eigenvalue weighted by Crippen LogP contribution is -3.00. The number of benzene rings is 1. The van der Waals surface area contributed by atoms with Crippen molar-refractivity contribution in [2.24, 2.45) is 0 Å². The Morgan fingerprint density at radius 3 is 2.52 bits per heavy atom. The maximum atomic E-state index is 12.5. The first kappa shape index (κ1) is 26.3. The van der Waals surface area contributed by atoms with E-state index in [0.717, 1.165) is 67.2 Å². The van der Waals surface area contributed by atoms with Gasteiger partial charge in [0.15, 0.2) is 6.54 Å². The molecule has 1 aliphatic heterocycles. The Bertz CT molecular complexity index is 631. The van der Waals surface area contributed by atoms with Crippen molar-refractivity contribution in [2.75, 3.05) is 58.4 Å². The minimum Gasteiger partial charge on any atom is -1.00 e. The number of hydrogen-bond donors (Lipinski definition) is 0. The zero-order valence-corrected chi connectivity index (χ0v) is 21.3. The van der Waals surface area contributed by atoms with Crippen molar-refractivity contribution in [2.45, 2.75) is 46.0 Å². The summed E-state index contributed by atoms with van der Waals surface area (Å²) in [6, 6.07) is 6.53. The van der Waals surface area contributed by atoms with Crippen LogP contribution in [0, 0.1) is 6.92 Å². The lowest BCUT2D eigenvalue weighted by atomic mass is 10.0. The molecule has 0 unspecified atom stereocenters. The molecule has 0 N–H and O–H groups in total. The molecule has 1 aromatic carbocycles. The van der Waals surface area contributed by atoms with Crippen LogP contribution in [0.5, 0.6) is 5.75 Å². The lowest BCUT2D eigenvalue weighted by molar-refractivity contribution is -0.883. The zero-order chi connectivity index (χ0) is 20.6. The molecule has 0 aliphatic carbocycles. The number of aryl methyl sites for hydroxylation is 1. The van der Waals surface area contributed by atoms with E-state index in [2.05, 4.69) is 53.1 Å². The quantitative estimate of drug-likeness (QED) is 0.369. The Hall–Kier alpha value is -0.720. The van der Waals surface area contributed by atoms with Gasteiger partial charge in [-0.05, 0) is 49.3 Å². The molecule has 0 radical (unpaired) electrons. The van der Waals surface area contributed by atoms with E-state index < -0.39 is 0 Å². The summed E-state index contributed by atoms with van der Waals surface area (Å²) in [6.45, 7) is 10.8. The Balaban J connectivity index is 0.00000420. The van der Waals surface area contributed by atoms with Crippen LogP contribution in [-0.2, 0) is 4.79 Å². The van der Waals surface area contributed by atoms with E-state index in [1.807, 2.05) is 16.7 Å². The van der Waals surface area contributed by atoms with Crippen molar-refractivity contribution in [3.05, 3.63) is 29.3 Å². The second kappa shape index (κ2) is 12.9. The molecule has 0 spiro atoms. The van der Waals surface area contributed by atoms with Crippen LogP contribution in [0.4, 0.5) is 0 Å². The number of likely N-dealkylation sites (N-methyl/N-ethyl adjacent to an activating group) is 1. The predicted molar refractivity (Wildman–Crippen MR) is 120 cm³/mol. The van der Waals surface area contributed by atoms with Gasteiger partial charge in [0, 0.05) is 24.6 Å². The van der Waals surface area contributed by atoms with Gasteiger partial charge >= 0.3 is 0 Å². The highest BCUT2D eigenvalue weighted by molar-refractivity contribution is 7.99. The number of halogens is 1. The van der Waals surface area contributed by atoms with E-state index in [1.165, 1.54) is 11.1 Å². The molecule has 1 fully saturated rings. The van der Waals surface area contributed by atoms with Gasteiger partial charge in [0.1, 0.15) is 5.75 Å². The van der Waals surface area contributed by atoms with Gasteiger partial charge in [-0.25, -0.2) is 0 Å². The van der Waals surface area contributed by atoms with Crippen molar-refractivity contribution < 1.29 is 31.0 Å². The number of ether oxygens (including phenoxy) is 1. The summed E-state index contributed by atoms with van der Waals surface area (Å²) in [5.74, 6) is 4.02. The maximum absolute atomic E-state index is 12.5. The maximum Gasteiger partial charge on any atom is 0.277 e. The van der Waals surface area contributed by atoms with Gasteiger partial charge in [-0.1, -0.05) is 26.0 Å². The Kier molecular flexibility index (Phi) is 11.7. The third-order valence-electron chi connectivity index (χ3n) is 5.47. The number of hydrogen-bond acceptors (Lipinski definition) is 3. The average molecular weight is 488 g/mol. The highest BCUT2D eigenvalue weighted by Crippen LogP contribution is 2.24. The average Bonchev–Trinajstić information content (AvgIpc) is 2.66. The molecule has 0 bridgehead atoms. The van der Waals surface area contributed by atoms with Crippen LogP contribution in [0.25, 0.3) is 0 Å². The van der Waals surface area contributed by atoms with Crippen LogP contribution in [0.15, 0.2) is 18.2 Å². The Morgan fingerprint density at radius 2 is 1.86 bits per heavy atom. The normalized spacial score (nSPS) is 14.6. The van der Waals surface area contributed by atoms with Crippen molar-refractivity contribution in [3.8, 4) is 5.75 Å². The van der Waals surface area contributed by atoms with Gasteiger partial charge in [0.2, 0.25) is 0 Å². The van der Waals surface area contributed by atoms with E-state index >= 15 is 0 Å². The number of amides is 1. The summed E-state index contributed by atoms with van der Waals surface area (Å²) in [4.78, 5) is 14.5. The molecule has 4 nitrogen and oxygen atoms in total. The molecule has 29 heavy (non-hydrogen) atoms. The first-order valence-electron chi connectivity index (χ1n) is 10.7. The first-order valence-corrected chi connectivity index (χ1v) is 11.8. The van der Waals surface area contributed by atoms with Gasteiger partial charge in [-0.2, -0.15) is 11.8 Å². The van der Waals surface area contributed by atoms with E-state index in [0.29, 0.717) is 18.4 Å². The third kappa shape index (κ3) is 9.31. The summed E-state index contributed by atoms with van der Waals surface area (Å²) in [6.07, 6.45) is 3.33. The van der Waals surface area contributed by atoms with Crippen LogP contribution < -0.4 is 21.7 Å². The standard InChI is InChI=1S/C23H39N2O2S.BrH/c1-19(2)21-10-9-20(3)22(17-21)27-14-8-6-7-13-25(4,5)18-23(26)24-11-15-28-16-12-24;/h9-10,17,19H,6-8,11-16,18H2,1-5H3;1H/q+1;/p-1. The van der Waals surface area contributed by atoms with Crippen molar-refractivity contribution >= 4 is 17.7 Å². The first-order chi connectivity index (χ1) is 13.3. The molecular formula is C23H39BrN2O2S. The molecule has 1 amide bonds. The Labute approximate surface area is 192 Å². The number of thioether (sulfide) groups is 1. The molecule has 0 aromatic heterocycles. The number of rotatable bonds is 10. The fraction of sp³-hybridized carbons (Fsp3) is 0.696. The van der Waals surface area contributed by atoms with Gasteiger partial charge in [-0.15, -0.1) is 0 Å². The number of carbonyl (C=O) groups is 1. The highest BCUT2D eigenvalue weighted by atomic mass is 79.9. The number of carbonyl (C=O) groups excluding carboxylic acids is 1. The van der Waals surface area contributed by atoms with E-state index in [1.54, 1.807) is 0 Å². The monoisotopic (exact) mass is 486 g/mol. The van der Waals surface area contributed by atoms with Gasteiger partial charge in [0.25, 0.3) is 5.91 Å². The number of unbranched alkanes of at least 4 members (excludes halogenated alkanes) is 2. The third-order valence-corrected chi connectivity index (χ3v) is 6.41. The van der Waals surface area contributed by atoms with Gasteiger partial charge < -0.3 is 31.1 Å². The summed E-state index contributed by atoms with van der Waals surface area (Å²) >= 11 is 1.95. The highest BCUT2D eigenvalue weighted by Gasteiger charge is 2.25. The lowest BCUT2D eigenvalue weighted by Gasteiger charge is -2.33. The zero-order valence-electron chi connectivity index (χ0n) is 18.9. The van der Waals surface area contributed by atoms with Gasteiger partial charge in [-0.3, -0.25) is 4.79 Å². The van der Waals surface area contributed by atoms with Crippen LogP contribution in [0.1, 0.15) is 50.2 Å².